The molecule has 1 saturated heterocycles. The molecule has 1 amide bonds. The molecular weight excluding hydrogens is 318 g/mol. The van der Waals surface area contributed by atoms with Crippen LogP contribution in [0, 0.1) is 11.8 Å². The molecule has 1 aromatic rings. The minimum Gasteiger partial charge on any atom is -0.481 e. The molecule has 1 aliphatic rings. The zero-order valence-corrected chi connectivity index (χ0v) is 14.1. The third-order valence-corrected chi connectivity index (χ3v) is 4.30. The molecule has 126 valence electrons. The molecule has 1 unspecified atom stereocenters. The lowest BCUT2D eigenvalue weighted by atomic mass is 9.96. The van der Waals surface area contributed by atoms with Crippen LogP contribution in [-0.4, -0.2) is 41.1 Å². The lowest BCUT2D eigenvalue weighted by Gasteiger charge is -2.34. The molecule has 0 spiro atoms. The van der Waals surface area contributed by atoms with E-state index in [2.05, 4.69) is 0 Å². The molecule has 1 N–H and O–H groups in total. The number of carboxylic acids is 1. The van der Waals surface area contributed by atoms with Crippen LogP contribution in [0.25, 0.3) is 0 Å². The van der Waals surface area contributed by atoms with Gasteiger partial charge in [-0.25, -0.2) is 0 Å². The number of rotatable bonds is 5. The standard InChI is InChI=1S/C17H22ClNO4/c1-11(2)15(23-14-5-3-4-13(18)10-14)16(20)19-8-6-12(7-9-19)17(21)22/h3-5,10-12,15H,6-9H2,1-2H3,(H,21,22). The van der Waals surface area contributed by atoms with Crippen LogP contribution < -0.4 is 4.74 Å². The molecule has 0 aliphatic carbocycles. The molecule has 0 aromatic heterocycles. The second-order valence-corrected chi connectivity index (χ2v) is 6.61. The van der Waals surface area contributed by atoms with Crippen molar-refractivity contribution in [2.24, 2.45) is 11.8 Å². The van der Waals surface area contributed by atoms with Gasteiger partial charge in [-0.3, -0.25) is 9.59 Å². The number of amides is 1. The van der Waals surface area contributed by atoms with Crippen molar-refractivity contribution in [1.82, 2.24) is 4.90 Å². The summed E-state index contributed by atoms with van der Waals surface area (Å²) in [5.41, 5.74) is 0. The first-order valence-electron chi connectivity index (χ1n) is 7.82. The molecular formula is C17H22ClNO4. The van der Waals surface area contributed by atoms with E-state index in [1.807, 2.05) is 13.8 Å². The summed E-state index contributed by atoms with van der Waals surface area (Å²) in [6.07, 6.45) is 0.376. The molecule has 1 heterocycles. The molecule has 5 nitrogen and oxygen atoms in total. The third-order valence-electron chi connectivity index (χ3n) is 4.06. The highest BCUT2D eigenvalue weighted by Crippen LogP contribution is 2.23. The minimum absolute atomic E-state index is 0.00122. The van der Waals surface area contributed by atoms with E-state index in [1.54, 1.807) is 29.2 Å². The van der Waals surface area contributed by atoms with Gasteiger partial charge >= 0.3 is 5.97 Å². The number of aliphatic carboxylic acids is 1. The van der Waals surface area contributed by atoms with Crippen molar-refractivity contribution in [2.45, 2.75) is 32.8 Å². The maximum Gasteiger partial charge on any atom is 0.306 e. The number of ether oxygens (including phenoxy) is 1. The lowest BCUT2D eigenvalue weighted by Crippen LogP contribution is -2.48. The Balaban J connectivity index is 2.03. The molecule has 1 aliphatic heterocycles. The van der Waals surface area contributed by atoms with Crippen molar-refractivity contribution in [3.63, 3.8) is 0 Å². The van der Waals surface area contributed by atoms with E-state index >= 15 is 0 Å². The van der Waals surface area contributed by atoms with Crippen LogP contribution in [0.3, 0.4) is 0 Å². The summed E-state index contributed by atoms with van der Waals surface area (Å²) in [5, 5.41) is 9.60. The molecule has 0 saturated carbocycles. The quantitative estimate of drug-likeness (QED) is 0.895. The van der Waals surface area contributed by atoms with Crippen LogP contribution in [0.1, 0.15) is 26.7 Å². The Labute approximate surface area is 141 Å². The number of benzene rings is 1. The fraction of sp³-hybridized carbons (Fsp3) is 0.529. The number of likely N-dealkylation sites (tertiary alicyclic amines) is 1. The average Bonchev–Trinajstić information content (AvgIpc) is 2.52. The summed E-state index contributed by atoms with van der Waals surface area (Å²) in [7, 11) is 0. The van der Waals surface area contributed by atoms with Gasteiger partial charge in [0.05, 0.1) is 5.92 Å². The van der Waals surface area contributed by atoms with Gasteiger partial charge in [-0.05, 0) is 37.0 Å². The van der Waals surface area contributed by atoms with Gasteiger partial charge < -0.3 is 14.7 Å². The summed E-state index contributed by atoms with van der Waals surface area (Å²) in [4.78, 5) is 25.4. The first-order valence-corrected chi connectivity index (χ1v) is 8.20. The highest BCUT2D eigenvalue weighted by atomic mass is 35.5. The fourth-order valence-corrected chi connectivity index (χ4v) is 2.87. The average molecular weight is 340 g/mol. The van der Waals surface area contributed by atoms with Crippen molar-refractivity contribution in [1.29, 1.82) is 0 Å². The van der Waals surface area contributed by atoms with Crippen molar-refractivity contribution in [2.75, 3.05) is 13.1 Å². The Kier molecular flexibility index (Phi) is 5.88. The molecule has 0 radical (unpaired) electrons. The van der Waals surface area contributed by atoms with Gasteiger partial charge in [0.25, 0.3) is 5.91 Å². The SMILES string of the molecule is CC(C)C(Oc1cccc(Cl)c1)C(=O)N1CCC(C(=O)O)CC1. The zero-order valence-electron chi connectivity index (χ0n) is 13.4. The molecule has 1 atom stereocenters. The van der Waals surface area contributed by atoms with Crippen molar-refractivity contribution in [3.8, 4) is 5.75 Å². The maximum atomic E-state index is 12.7. The van der Waals surface area contributed by atoms with Crippen molar-refractivity contribution < 1.29 is 19.4 Å². The molecule has 6 heteroatoms. The van der Waals surface area contributed by atoms with E-state index in [0.717, 1.165) is 0 Å². The van der Waals surface area contributed by atoms with Crippen LogP contribution in [0.5, 0.6) is 5.75 Å². The monoisotopic (exact) mass is 339 g/mol. The normalized spacial score (nSPS) is 17.1. The Bertz CT molecular complexity index is 567. The molecule has 1 aromatic carbocycles. The first-order chi connectivity index (χ1) is 10.9. The van der Waals surface area contributed by atoms with Gasteiger partial charge in [-0.2, -0.15) is 0 Å². The summed E-state index contributed by atoms with van der Waals surface area (Å²) in [5.74, 6) is -0.675. The second-order valence-electron chi connectivity index (χ2n) is 6.18. The number of hydrogen-bond donors (Lipinski definition) is 1. The number of carbonyl (C=O) groups excluding carboxylic acids is 1. The number of halogens is 1. The smallest absolute Gasteiger partial charge is 0.306 e. The Morgan fingerprint density at radius 1 is 1.30 bits per heavy atom. The Morgan fingerprint density at radius 2 is 1.96 bits per heavy atom. The largest absolute Gasteiger partial charge is 0.481 e. The number of carbonyl (C=O) groups is 2. The molecule has 23 heavy (non-hydrogen) atoms. The third kappa shape index (κ3) is 4.61. The highest BCUT2D eigenvalue weighted by molar-refractivity contribution is 6.30. The van der Waals surface area contributed by atoms with E-state index in [9.17, 15) is 9.59 Å². The van der Waals surface area contributed by atoms with Gasteiger partial charge in [-0.1, -0.05) is 31.5 Å². The molecule has 1 fully saturated rings. The summed E-state index contributed by atoms with van der Waals surface area (Å²) < 4.78 is 5.85. The summed E-state index contributed by atoms with van der Waals surface area (Å²) in [6, 6.07) is 6.97. The topological polar surface area (TPSA) is 66.8 Å². The van der Waals surface area contributed by atoms with Crippen LogP contribution in [0.2, 0.25) is 5.02 Å². The van der Waals surface area contributed by atoms with E-state index in [4.69, 9.17) is 21.4 Å². The maximum absolute atomic E-state index is 12.7. The van der Waals surface area contributed by atoms with Crippen LogP contribution in [0.15, 0.2) is 24.3 Å². The van der Waals surface area contributed by atoms with Gasteiger partial charge in [0.2, 0.25) is 0 Å². The zero-order chi connectivity index (χ0) is 17.0. The van der Waals surface area contributed by atoms with E-state index in [-0.39, 0.29) is 17.7 Å². The number of piperidine rings is 1. The van der Waals surface area contributed by atoms with Crippen LogP contribution in [-0.2, 0) is 9.59 Å². The van der Waals surface area contributed by atoms with Crippen LogP contribution in [0.4, 0.5) is 0 Å². The van der Waals surface area contributed by atoms with Gasteiger partial charge in [-0.15, -0.1) is 0 Å². The predicted molar refractivity (Wildman–Crippen MR) is 87.6 cm³/mol. The Hall–Kier alpha value is -1.75. The minimum atomic E-state index is -0.785. The van der Waals surface area contributed by atoms with E-state index in [0.29, 0.717) is 36.7 Å². The number of nitrogens with zero attached hydrogens (tertiary/aromatic N) is 1. The lowest BCUT2D eigenvalue weighted by molar-refractivity contribution is -0.148. The summed E-state index contributed by atoms with van der Waals surface area (Å²) >= 11 is 5.95. The first kappa shape index (κ1) is 17.6. The van der Waals surface area contributed by atoms with Crippen molar-refractivity contribution in [3.05, 3.63) is 29.3 Å². The number of carboxylic acid groups (broad SMARTS) is 1. The van der Waals surface area contributed by atoms with Crippen LogP contribution >= 0.6 is 11.6 Å². The van der Waals surface area contributed by atoms with Gasteiger partial charge in [0.15, 0.2) is 6.10 Å². The molecule has 2 rings (SSSR count). The summed E-state index contributed by atoms with van der Waals surface area (Å²) in [6.45, 7) is 4.77. The van der Waals surface area contributed by atoms with Gasteiger partial charge in [0, 0.05) is 18.1 Å². The van der Waals surface area contributed by atoms with E-state index < -0.39 is 12.1 Å². The predicted octanol–water partition coefficient (Wildman–Crippen LogP) is 3.07. The fourth-order valence-electron chi connectivity index (χ4n) is 2.69. The second kappa shape index (κ2) is 7.68. The highest BCUT2D eigenvalue weighted by Gasteiger charge is 2.33. The van der Waals surface area contributed by atoms with Gasteiger partial charge in [0.1, 0.15) is 5.75 Å². The van der Waals surface area contributed by atoms with E-state index in [1.165, 1.54) is 0 Å². The number of hydrogen-bond acceptors (Lipinski definition) is 3. The Morgan fingerprint density at radius 3 is 2.48 bits per heavy atom. The van der Waals surface area contributed by atoms with Crippen molar-refractivity contribution >= 4 is 23.5 Å². The molecule has 0 bridgehead atoms.